The van der Waals surface area contributed by atoms with Crippen molar-refractivity contribution in [2.75, 3.05) is 7.11 Å². The predicted octanol–water partition coefficient (Wildman–Crippen LogP) is 4.84. The first-order valence-corrected chi connectivity index (χ1v) is 11.7. The summed E-state index contributed by atoms with van der Waals surface area (Å²) in [6, 6.07) is 30.7. The van der Waals surface area contributed by atoms with Crippen LogP contribution in [0.1, 0.15) is 32.4 Å². The topological polar surface area (TPSA) is 42.2 Å². The number of rotatable bonds is 6. The second-order valence-corrected chi connectivity index (χ2v) is 12.3. The Bertz CT molecular complexity index is 918. The second-order valence-electron chi connectivity index (χ2n) is 8.06. The molecule has 0 heterocycles. The highest BCUT2D eigenvalue weighted by Gasteiger charge is 2.51. The summed E-state index contributed by atoms with van der Waals surface area (Å²) in [5, 5.41) is 12.2. The third-order valence-electron chi connectivity index (χ3n) is 5.25. The van der Waals surface area contributed by atoms with E-state index >= 15 is 0 Å². The fourth-order valence-corrected chi connectivity index (χ4v) is 8.37. The molecule has 0 saturated carbocycles. The molecule has 0 bridgehead atoms. The molecule has 148 valence electrons. The van der Waals surface area contributed by atoms with Gasteiger partial charge < -0.3 is 9.16 Å². The molecule has 0 aliphatic heterocycles. The molecule has 0 aromatic heterocycles. The van der Waals surface area contributed by atoms with Crippen LogP contribution in [0.25, 0.3) is 0 Å². The standard InChI is InChI=1S/C25H27NO2Si/c1-25(2,3)29(22-11-7-5-8-12-22,23-13-9-6-10-14-23)28-24(19-26)20-15-17-21(27-4)18-16-20/h5-18,24H,1-4H3/t24-/m0/s1. The van der Waals surface area contributed by atoms with E-state index in [2.05, 4.69) is 51.1 Å². The van der Waals surface area contributed by atoms with E-state index in [4.69, 9.17) is 9.16 Å². The zero-order chi connectivity index (χ0) is 20.9. The third kappa shape index (κ3) is 4.12. The summed E-state index contributed by atoms with van der Waals surface area (Å²) < 4.78 is 12.2. The molecule has 0 amide bonds. The molecule has 3 aromatic rings. The molecular formula is C25H27NO2Si. The maximum absolute atomic E-state index is 10.0. The highest BCUT2D eigenvalue weighted by molar-refractivity contribution is 6.99. The first kappa shape index (κ1) is 20.9. The molecule has 4 heteroatoms. The van der Waals surface area contributed by atoms with Crippen LogP contribution in [0.3, 0.4) is 0 Å². The normalized spacial score (nSPS) is 12.8. The summed E-state index contributed by atoms with van der Waals surface area (Å²) in [6.45, 7) is 6.63. The van der Waals surface area contributed by atoms with E-state index in [1.54, 1.807) is 7.11 Å². The van der Waals surface area contributed by atoms with Crippen molar-refractivity contribution < 1.29 is 9.16 Å². The molecule has 0 unspecified atom stereocenters. The Kier molecular flexibility index (Phi) is 6.22. The lowest BCUT2D eigenvalue weighted by molar-refractivity contribution is 0.244. The van der Waals surface area contributed by atoms with Crippen molar-refractivity contribution in [2.45, 2.75) is 31.9 Å². The molecule has 0 aliphatic rings. The maximum Gasteiger partial charge on any atom is 0.263 e. The van der Waals surface area contributed by atoms with Crippen molar-refractivity contribution in [3.05, 3.63) is 90.5 Å². The van der Waals surface area contributed by atoms with Crippen molar-refractivity contribution in [3.8, 4) is 11.8 Å². The van der Waals surface area contributed by atoms with Gasteiger partial charge in [-0.15, -0.1) is 0 Å². The Morgan fingerprint density at radius 3 is 1.66 bits per heavy atom. The Hall–Kier alpha value is -2.87. The van der Waals surface area contributed by atoms with Crippen molar-refractivity contribution >= 4 is 18.7 Å². The van der Waals surface area contributed by atoms with Gasteiger partial charge in [-0.1, -0.05) is 93.6 Å². The van der Waals surface area contributed by atoms with Crippen LogP contribution in [0.4, 0.5) is 0 Å². The first-order valence-electron chi connectivity index (χ1n) is 9.75. The number of nitrogens with zero attached hydrogens (tertiary/aromatic N) is 1. The molecule has 3 rings (SSSR count). The molecule has 0 radical (unpaired) electrons. The van der Waals surface area contributed by atoms with Gasteiger partial charge in [0.2, 0.25) is 0 Å². The van der Waals surface area contributed by atoms with Gasteiger partial charge in [0.1, 0.15) is 5.75 Å². The van der Waals surface area contributed by atoms with E-state index in [9.17, 15) is 5.26 Å². The Labute approximate surface area is 174 Å². The Morgan fingerprint density at radius 1 is 0.793 bits per heavy atom. The summed E-state index contributed by atoms with van der Waals surface area (Å²) in [5.41, 5.74) is 0.835. The smallest absolute Gasteiger partial charge is 0.263 e. The minimum absolute atomic E-state index is 0.183. The molecule has 0 aliphatic carbocycles. The van der Waals surface area contributed by atoms with Gasteiger partial charge in [0.25, 0.3) is 8.32 Å². The molecule has 0 fully saturated rings. The van der Waals surface area contributed by atoms with Gasteiger partial charge in [0, 0.05) is 0 Å². The van der Waals surface area contributed by atoms with Crippen molar-refractivity contribution in [1.29, 1.82) is 5.26 Å². The van der Waals surface area contributed by atoms with E-state index in [-0.39, 0.29) is 5.04 Å². The lowest BCUT2D eigenvalue weighted by Gasteiger charge is -2.44. The second kappa shape index (κ2) is 8.65. The van der Waals surface area contributed by atoms with Crippen LogP contribution in [0.2, 0.25) is 5.04 Å². The number of hydrogen-bond acceptors (Lipinski definition) is 3. The van der Waals surface area contributed by atoms with Crippen molar-refractivity contribution in [1.82, 2.24) is 0 Å². The van der Waals surface area contributed by atoms with Crippen LogP contribution in [0.5, 0.6) is 5.75 Å². The van der Waals surface area contributed by atoms with Gasteiger partial charge in [-0.25, -0.2) is 0 Å². The highest BCUT2D eigenvalue weighted by atomic mass is 28.4. The molecular weight excluding hydrogens is 374 g/mol. The monoisotopic (exact) mass is 401 g/mol. The number of hydrogen-bond donors (Lipinski definition) is 0. The molecule has 1 atom stereocenters. The van der Waals surface area contributed by atoms with Crippen LogP contribution in [0.15, 0.2) is 84.9 Å². The van der Waals surface area contributed by atoms with E-state index in [1.807, 2.05) is 60.7 Å². The zero-order valence-electron chi connectivity index (χ0n) is 17.4. The van der Waals surface area contributed by atoms with Gasteiger partial charge in [0.05, 0.1) is 13.2 Å². The molecule has 0 saturated heterocycles. The van der Waals surface area contributed by atoms with Crippen LogP contribution in [0, 0.1) is 11.3 Å². The summed E-state index contributed by atoms with van der Waals surface area (Å²) in [7, 11) is -1.16. The van der Waals surface area contributed by atoms with Gasteiger partial charge in [-0.05, 0) is 33.1 Å². The number of ether oxygens (including phenoxy) is 1. The van der Waals surface area contributed by atoms with Gasteiger partial charge in [-0.2, -0.15) is 5.26 Å². The molecule has 3 aromatic carbocycles. The summed E-state index contributed by atoms with van der Waals surface area (Å²) in [4.78, 5) is 0. The largest absolute Gasteiger partial charge is 0.497 e. The minimum atomic E-state index is -2.79. The van der Waals surface area contributed by atoms with Gasteiger partial charge in [-0.3, -0.25) is 0 Å². The van der Waals surface area contributed by atoms with Crippen LogP contribution in [-0.2, 0) is 4.43 Å². The Balaban J connectivity index is 2.17. The Morgan fingerprint density at radius 2 is 1.28 bits per heavy atom. The highest BCUT2D eigenvalue weighted by Crippen LogP contribution is 2.39. The molecule has 3 nitrogen and oxygen atoms in total. The maximum atomic E-state index is 10.0. The SMILES string of the molecule is COc1ccc([C@H](C#N)O[Si](c2ccccc2)(c2ccccc2)C(C)(C)C)cc1. The number of benzene rings is 3. The van der Waals surface area contributed by atoms with Crippen molar-refractivity contribution in [2.24, 2.45) is 0 Å². The average molecular weight is 402 g/mol. The van der Waals surface area contributed by atoms with Crippen LogP contribution < -0.4 is 15.1 Å². The summed E-state index contributed by atoms with van der Waals surface area (Å²) in [5.74, 6) is 0.760. The lowest BCUT2D eigenvalue weighted by atomic mass is 10.1. The summed E-state index contributed by atoms with van der Waals surface area (Å²) >= 11 is 0. The van der Waals surface area contributed by atoms with E-state index in [0.717, 1.165) is 21.7 Å². The molecule has 29 heavy (non-hydrogen) atoms. The van der Waals surface area contributed by atoms with E-state index < -0.39 is 14.4 Å². The zero-order valence-corrected chi connectivity index (χ0v) is 18.4. The van der Waals surface area contributed by atoms with Gasteiger partial charge >= 0.3 is 0 Å². The van der Waals surface area contributed by atoms with E-state index in [1.165, 1.54) is 0 Å². The fourth-order valence-electron chi connectivity index (χ4n) is 3.82. The number of nitriles is 1. The van der Waals surface area contributed by atoms with Crippen LogP contribution in [-0.4, -0.2) is 15.4 Å². The average Bonchev–Trinajstić information content (AvgIpc) is 2.75. The minimum Gasteiger partial charge on any atom is -0.497 e. The first-order chi connectivity index (χ1) is 13.9. The quantitative estimate of drug-likeness (QED) is 0.555. The lowest BCUT2D eigenvalue weighted by Crippen LogP contribution is -2.66. The number of methoxy groups -OCH3 is 1. The summed E-state index contributed by atoms with van der Waals surface area (Å²) in [6.07, 6.45) is -0.674. The van der Waals surface area contributed by atoms with Crippen molar-refractivity contribution in [3.63, 3.8) is 0 Å². The van der Waals surface area contributed by atoms with E-state index in [0.29, 0.717) is 0 Å². The third-order valence-corrected chi connectivity index (χ3v) is 10.2. The van der Waals surface area contributed by atoms with Gasteiger partial charge in [0.15, 0.2) is 6.10 Å². The predicted molar refractivity (Wildman–Crippen MR) is 120 cm³/mol. The molecule has 0 N–H and O–H groups in total. The molecule has 0 spiro atoms. The van der Waals surface area contributed by atoms with Crippen LogP contribution >= 0.6 is 0 Å². The fraction of sp³-hybridized carbons (Fsp3) is 0.240.